The molecule has 136 valence electrons. The van der Waals surface area contributed by atoms with E-state index in [0.717, 1.165) is 5.56 Å². The van der Waals surface area contributed by atoms with Crippen molar-refractivity contribution in [2.75, 3.05) is 6.79 Å². The second-order valence-corrected chi connectivity index (χ2v) is 6.48. The number of carbonyl (C=O) groups is 2. The highest BCUT2D eigenvalue weighted by Gasteiger charge is 2.20. The molecule has 2 aromatic rings. The van der Waals surface area contributed by atoms with Gasteiger partial charge in [0.1, 0.15) is 0 Å². The number of fused-ring (bicyclic) bond motifs is 1. The third-order valence-corrected chi connectivity index (χ3v) is 4.09. The normalized spacial score (nSPS) is 13.2. The first-order valence-electron chi connectivity index (χ1n) is 7.75. The van der Waals surface area contributed by atoms with Crippen molar-refractivity contribution in [2.45, 2.75) is 19.6 Å². The fourth-order valence-electron chi connectivity index (χ4n) is 2.34. The molecule has 0 fully saturated rings. The van der Waals surface area contributed by atoms with E-state index in [1.807, 2.05) is 6.07 Å². The van der Waals surface area contributed by atoms with Crippen molar-refractivity contribution in [2.24, 2.45) is 0 Å². The van der Waals surface area contributed by atoms with Gasteiger partial charge in [0.15, 0.2) is 17.6 Å². The largest absolute Gasteiger partial charge is 0.454 e. The Kier molecular flexibility index (Phi) is 5.54. The average Bonchev–Trinajstić information content (AvgIpc) is 3.06. The van der Waals surface area contributed by atoms with Crippen molar-refractivity contribution in [3.05, 3.63) is 57.6 Å². The Hall–Kier alpha value is -2.44. The van der Waals surface area contributed by atoms with Crippen LogP contribution in [0.4, 0.5) is 0 Å². The number of nitrogens with one attached hydrogen (secondary N) is 1. The fourth-order valence-corrected chi connectivity index (χ4v) is 2.86. The first kappa shape index (κ1) is 18.4. The van der Waals surface area contributed by atoms with E-state index in [1.165, 1.54) is 25.1 Å². The van der Waals surface area contributed by atoms with E-state index in [0.29, 0.717) is 21.5 Å². The summed E-state index contributed by atoms with van der Waals surface area (Å²) in [4.78, 5) is 24.3. The van der Waals surface area contributed by atoms with Gasteiger partial charge in [-0.15, -0.1) is 0 Å². The molecule has 0 radical (unpaired) electrons. The van der Waals surface area contributed by atoms with Crippen molar-refractivity contribution in [3.8, 4) is 11.5 Å². The van der Waals surface area contributed by atoms with E-state index in [9.17, 15) is 9.59 Å². The number of amides is 1. The zero-order chi connectivity index (χ0) is 18.7. The molecule has 1 aliphatic rings. The van der Waals surface area contributed by atoms with Crippen LogP contribution < -0.4 is 14.8 Å². The highest BCUT2D eigenvalue weighted by atomic mass is 35.5. The van der Waals surface area contributed by atoms with Crippen LogP contribution in [0.2, 0.25) is 10.0 Å². The number of halogens is 2. The summed E-state index contributed by atoms with van der Waals surface area (Å²) in [7, 11) is 0. The maximum atomic E-state index is 12.2. The van der Waals surface area contributed by atoms with Gasteiger partial charge in [0, 0.05) is 16.6 Å². The van der Waals surface area contributed by atoms with Crippen molar-refractivity contribution in [3.63, 3.8) is 0 Å². The Morgan fingerprint density at radius 3 is 2.54 bits per heavy atom. The van der Waals surface area contributed by atoms with Crippen LogP contribution in [0, 0.1) is 0 Å². The van der Waals surface area contributed by atoms with E-state index < -0.39 is 18.0 Å². The van der Waals surface area contributed by atoms with Crippen molar-refractivity contribution >= 4 is 35.1 Å². The van der Waals surface area contributed by atoms with Gasteiger partial charge in [-0.1, -0.05) is 29.3 Å². The summed E-state index contributed by atoms with van der Waals surface area (Å²) in [5, 5.41) is 3.32. The van der Waals surface area contributed by atoms with Gasteiger partial charge < -0.3 is 19.5 Å². The minimum absolute atomic E-state index is 0.179. The molecular formula is C18H15Cl2NO5. The number of hydrogen-bond acceptors (Lipinski definition) is 5. The first-order chi connectivity index (χ1) is 12.4. The summed E-state index contributed by atoms with van der Waals surface area (Å²) in [5.74, 6) is 0.195. The third-order valence-electron chi connectivity index (χ3n) is 3.66. The zero-order valence-corrected chi connectivity index (χ0v) is 15.3. The molecule has 2 aromatic carbocycles. The highest BCUT2D eigenvalue weighted by molar-refractivity contribution is 6.35. The fraction of sp³-hybridized carbons (Fsp3) is 0.222. The predicted octanol–water partition coefficient (Wildman–Crippen LogP) is 3.58. The lowest BCUT2D eigenvalue weighted by Crippen LogP contribution is -2.35. The van der Waals surface area contributed by atoms with Gasteiger partial charge >= 0.3 is 5.97 Å². The molecule has 0 unspecified atom stereocenters. The van der Waals surface area contributed by atoms with Gasteiger partial charge in [0.2, 0.25) is 6.79 Å². The summed E-state index contributed by atoms with van der Waals surface area (Å²) in [6, 6.07) is 9.73. The molecule has 1 amide bonds. The number of hydrogen-bond donors (Lipinski definition) is 1. The summed E-state index contributed by atoms with van der Waals surface area (Å²) < 4.78 is 15.7. The van der Waals surface area contributed by atoms with Crippen molar-refractivity contribution < 1.29 is 23.8 Å². The third kappa shape index (κ3) is 4.39. The molecule has 8 heteroatoms. The molecule has 1 aliphatic heterocycles. The van der Waals surface area contributed by atoms with Crippen LogP contribution >= 0.6 is 23.2 Å². The molecule has 0 saturated heterocycles. The van der Waals surface area contributed by atoms with E-state index in [1.54, 1.807) is 12.1 Å². The molecule has 1 N–H and O–H groups in total. The van der Waals surface area contributed by atoms with E-state index in [2.05, 4.69) is 5.32 Å². The number of carbonyl (C=O) groups excluding carboxylic acids is 2. The molecule has 0 saturated carbocycles. The van der Waals surface area contributed by atoms with Gasteiger partial charge in [0.25, 0.3) is 5.91 Å². The molecule has 0 aliphatic carbocycles. The highest BCUT2D eigenvalue weighted by Crippen LogP contribution is 2.32. The SMILES string of the molecule is C[C@H](OC(=O)c1cc(Cl)cc(Cl)c1)C(=O)NCc1ccc2c(c1)OCO2. The van der Waals surface area contributed by atoms with Crippen LogP contribution in [-0.4, -0.2) is 24.8 Å². The Labute approximate surface area is 159 Å². The minimum Gasteiger partial charge on any atom is -0.454 e. The quantitative estimate of drug-likeness (QED) is 0.783. The molecule has 1 heterocycles. The Morgan fingerprint density at radius 2 is 1.81 bits per heavy atom. The maximum Gasteiger partial charge on any atom is 0.339 e. The summed E-state index contributed by atoms with van der Waals surface area (Å²) in [5.41, 5.74) is 1.01. The smallest absolute Gasteiger partial charge is 0.339 e. The number of ether oxygens (including phenoxy) is 3. The van der Waals surface area contributed by atoms with E-state index in [-0.39, 0.29) is 18.9 Å². The number of rotatable bonds is 5. The van der Waals surface area contributed by atoms with Crippen LogP contribution in [0.3, 0.4) is 0 Å². The van der Waals surface area contributed by atoms with E-state index >= 15 is 0 Å². The predicted molar refractivity (Wildman–Crippen MR) is 95.8 cm³/mol. The van der Waals surface area contributed by atoms with Crippen molar-refractivity contribution in [1.29, 1.82) is 0 Å². The number of esters is 1. The average molecular weight is 396 g/mol. The summed E-state index contributed by atoms with van der Waals surface area (Å²) in [6.45, 7) is 1.94. The molecule has 6 nitrogen and oxygen atoms in total. The lowest BCUT2D eigenvalue weighted by atomic mass is 10.2. The maximum absolute atomic E-state index is 12.2. The van der Waals surface area contributed by atoms with Gasteiger partial charge in [-0.05, 0) is 42.8 Å². The van der Waals surface area contributed by atoms with Crippen LogP contribution in [0.15, 0.2) is 36.4 Å². The zero-order valence-electron chi connectivity index (χ0n) is 13.8. The standard InChI is InChI=1S/C18H15Cl2NO5/c1-10(26-18(23)12-5-13(19)7-14(20)6-12)17(22)21-8-11-2-3-15-16(4-11)25-9-24-15/h2-7,10H,8-9H2,1H3,(H,21,22)/t10-/m0/s1. The summed E-state index contributed by atoms with van der Waals surface area (Å²) in [6.07, 6.45) is -0.978. The molecule has 0 aromatic heterocycles. The van der Waals surface area contributed by atoms with Crippen LogP contribution in [-0.2, 0) is 16.1 Å². The van der Waals surface area contributed by atoms with Gasteiger partial charge in [-0.25, -0.2) is 4.79 Å². The Morgan fingerprint density at radius 1 is 1.12 bits per heavy atom. The Bertz CT molecular complexity index is 835. The molecular weight excluding hydrogens is 381 g/mol. The second-order valence-electron chi connectivity index (χ2n) is 5.61. The first-order valence-corrected chi connectivity index (χ1v) is 8.51. The molecule has 3 rings (SSSR count). The Balaban J connectivity index is 1.55. The van der Waals surface area contributed by atoms with Gasteiger partial charge in [-0.2, -0.15) is 0 Å². The molecule has 1 atom stereocenters. The van der Waals surface area contributed by atoms with Crippen LogP contribution in [0.1, 0.15) is 22.8 Å². The minimum atomic E-state index is -0.978. The van der Waals surface area contributed by atoms with Crippen molar-refractivity contribution in [1.82, 2.24) is 5.32 Å². The topological polar surface area (TPSA) is 73.9 Å². The van der Waals surface area contributed by atoms with Crippen LogP contribution in [0.25, 0.3) is 0 Å². The lowest BCUT2D eigenvalue weighted by Gasteiger charge is -2.14. The van der Waals surface area contributed by atoms with E-state index in [4.69, 9.17) is 37.4 Å². The monoisotopic (exact) mass is 395 g/mol. The van der Waals surface area contributed by atoms with Gasteiger partial charge in [-0.3, -0.25) is 4.79 Å². The molecule has 0 bridgehead atoms. The second kappa shape index (κ2) is 7.85. The number of benzene rings is 2. The van der Waals surface area contributed by atoms with Gasteiger partial charge in [0.05, 0.1) is 5.56 Å². The summed E-state index contributed by atoms with van der Waals surface area (Å²) >= 11 is 11.7. The molecule has 26 heavy (non-hydrogen) atoms. The molecule has 0 spiro atoms. The van der Waals surface area contributed by atoms with Crippen LogP contribution in [0.5, 0.6) is 11.5 Å². The lowest BCUT2D eigenvalue weighted by molar-refractivity contribution is -0.129.